The van der Waals surface area contributed by atoms with Crippen LogP contribution in [0.2, 0.25) is 0 Å². The van der Waals surface area contributed by atoms with E-state index in [1.807, 2.05) is 0 Å². The Morgan fingerprint density at radius 1 is 1.64 bits per heavy atom. The zero-order valence-corrected chi connectivity index (χ0v) is 7.02. The summed E-state index contributed by atoms with van der Waals surface area (Å²) >= 11 is 0. The molecule has 0 aromatic carbocycles. The second kappa shape index (κ2) is 2.23. The molecule has 0 aromatic rings. The number of nitrogens with one attached hydrogen (secondary N) is 1. The first-order valence-electron chi connectivity index (χ1n) is 4.50. The van der Waals surface area contributed by atoms with Crippen LogP contribution in [0.15, 0.2) is 0 Å². The van der Waals surface area contributed by atoms with Gasteiger partial charge in [-0.15, -0.1) is 0 Å². The largest absolute Gasteiger partial charge is 0.356 e. The maximum absolute atomic E-state index is 11.0. The molecule has 1 spiro atoms. The van der Waals surface area contributed by atoms with Crippen LogP contribution in [-0.2, 0) is 4.79 Å². The molecule has 1 N–H and O–H groups in total. The third-order valence-electron chi connectivity index (χ3n) is 3.51. The van der Waals surface area contributed by atoms with E-state index in [-0.39, 0.29) is 5.91 Å². The fraction of sp³-hybridized carbons (Fsp3) is 0.889. The molecular weight excluding hydrogens is 138 g/mol. The molecule has 0 bridgehead atoms. The molecule has 2 fully saturated rings. The molecule has 1 aliphatic carbocycles. The second-order valence-corrected chi connectivity index (χ2v) is 4.11. The standard InChI is InChI=1S/C9H15NO/c1-7-3-2-4-9(7)5-8(11)10-6-9/h7H,2-6H2,1H3,(H,10,11). The summed E-state index contributed by atoms with van der Waals surface area (Å²) in [5.41, 5.74) is 0.358. The van der Waals surface area contributed by atoms with E-state index >= 15 is 0 Å². The van der Waals surface area contributed by atoms with Gasteiger partial charge in [0.15, 0.2) is 0 Å². The van der Waals surface area contributed by atoms with E-state index in [2.05, 4.69) is 12.2 Å². The molecule has 1 amide bonds. The summed E-state index contributed by atoms with van der Waals surface area (Å²) in [6.07, 6.45) is 4.67. The number of hydrogen-bond donors (Lipinski definition) is 1. The quantitative estimate of drug-likeness (QED) is 0.558. The Morgan fingerprint density at radius 2 is 2.45 bits per heavy atom. The Hall–Kier alpha value is -0.530. The maximum Gasteiger partial charge on any atom is 0.220 e. The average Bonchev–Trinajstić information content (AvgIpc) is 2.46. The number of amides is 1. The van der Waals surface area contributed by atoms with Crippen molar-refractivity contribution >= 4 is 5.91 Å². The first-order chi connectivity index (χ1) is 5.23. The maximum atomic E-state index is 11.0. The summed E-state index contributed by atoms with van der Waals surface area (Å²) < 4.78 is 0. The minimum Gasteiger partial charge on any atom is -0.356 e. The van der Waals surface area contributed by atoms with Gasteiger partial charge >= 0.3 is 0 Å². The van der Waals surface area contributed by atoms with Gasteiger partial charge in [-0.1, -0.05) is 19.8 Å². The number of hydrogen-bond acceptors (Lipinski definition) is 1. The van der Waals surface area contributed by atoms with E-state index in [1.165, 1.54) is 19.3 Å². The first-order valence-corrected chi connectivity index (χ1v) is 4.50. The smallest absolute Gasteiger partial charge is 0.220 e. The Kier molecular flexibility index (Phi) is 1.44. The van der Waals surface area contributed by atoms with Crippen LogP contribution >= 0.6 is 0 Å². The van der Waals surface area contributed by atoms with Crippen LogP contribution in [-0.4, -0.2) is 12.5 Å². The van der Waals surface area contributed by atoms with E-state index in [0.29, 0.717) is 5.41 Å². The minimum absolute atomic E-state index is 0.263. The van der Waals surface area contributed by atoms with Crippen LogP contribution in [0.1, 0.15) is 32.6 Å². The van der Waals surface area contributed by atoms with E-state index in [4.69, 9.17) is 0 Å². The highest BCUT2D eigenvalue weighted by Crippen LogP contribution is 2.47. The summed E-state index contributed by atoms with van der Waals surface area (Å²) in [6.45, 7) is 3.22. The van der Waals surface area contributed by atoms with Crippen molar-refractivity contribution < 1.29 is 4.79 Å². The topological polar surface area (TPSA) is 29.1 Å². The first kappa shape index (κ1) is 7.14. The Labute approximate surface area is 67.4 Å². The molecule has 2 heteroatoms. The van der Waals surface area contributed by atoms with Gasteiger partial charge in [0, 0.05) is 13.0 Å². The van der Waals surface area contributed by atoms with Crippen LogP contribution in [0, 0.1) is 11.3 Å². The lowest BCUT2D eigenvalue weighted by Gasteiger charge is -2.25. The molecule has 62 valence electrons. The van der Waals surface area contributed by atoms with Gasteiger partial charge in [-0.05, 0) is 17.8 Å². The van der Waals surface area contributed by atoms with Crippen molar-refractivity contribution in [2.45, 2.75) is 32.6 Å². The van der Waals surface area contributed by atoms with Crippen LogP contribution in [0.4, 0.5) is 0 Å². The SMILES string of the molecule is CC1CCCC12CNC(=O)C2. The molecule has 0 radical (unpaired) electrons. The highest BCUT2D eigenvalue weighted by molar-refractivity contribution is 5.79. The van der Waals surface area contributed by atoms with Gasteiger partial charge in [-0.2, -0.15) is 0 Å². The van der Waals surface area contributed by atoms with Crippen molar-refractivity contribution in [2.75, 3.05) is 6.54 Å². The molecule has 2 rings (SSSR count). The van der Waals surface area contributed by atoms with Gasteiger partial charge in [0.25, 0.3) is 0 Å². The van der Waals surface area contributed by atoms with Crippen LogP contribution in [0.25, 0.3) is 0 Å². The molecule has 11 heavy (non-hydrogen) atoms. The molecule has 1 saturated carbocycles. The molecule has 0 aromatic heterocycles. The Morgan fingerprint density at radius 3 is 2.91 bits per heavy atom. The lowest BCUT2D eigenvalue weighted by molar-refractivity contribution is -0.119. The lowest BCUT2D eigenvalue weighted by Crippen LogP contribution is -2.26. The highest BCUT2D eigenvalue weighted by Gasteiger charge is 2.45. The van der Waals surface area contributed by atoms with Gasteiger partial charge in [0.05, 0.1) is 0 Å². The van der Waals surface area contributed by atoms with Gasteiger partial charge in [-0.3, -0.25) is 4.79 Å². The van der Waals surface area contributed by atoms with Crippen molar-refractivity contribution in [3.63, 3.8) is 0 Å². The molecule has 1 saturated heterocycles. The molecule has 2 aliphatic rings. The van der Waals surface area contributed by atoms with E-state index in [0.717, 1.165) is 18.9 Å². The minimum atomic E-state index is 0.263. The van der Waals surface area contributed by atoms with Crippen molar-refractivity contribution in [1.29, 1.82) is 0 Å². The second-order valence-electron chi connectivity index (χ2n) is 4.11. The number of carbonyl (C=O) groups excluding carboxylic acids is 1. The molecule has 1 aliphatic heterocycles. The molecule has 1 heterocycles. The van der Waals surface area contributed by atoms with Crippen LogP contribution < -0.4 is 5.32 Å². The van der Waals surface area contributed by atoms with E-state index in [1.54, 1.807) is 0 Å². The van der Waals surface area contributed by atoms with Crippen molar-refractivity contribution in [3.8, 4) is 0 Å². The van der Waals surface area contributed by atoms with Gasteiger partial charge < -0.3 is 5.32 Å². The third kappa shape index (κ3) is 0.959. The van der Waals surface area contributed by atoms with Gasteiger partial charge in [0.1, 0.15) is 0 Å². The normalized spacial score (nSPS) is 43.4. The lowest BCUT2D eigenvalue weighted by atomic mass is 9.78. The van der Waals surface area contributed by atoms with E-state index in [9.17, 15) is 4.79 Å². The fourth-order valence-electron chi connectivity index (χ4n) is 2.56. The molecular formula is C9H15NO. The van der Waals surface area contributed by atoms with Crippen molar-refractivity contribution in [3.05, 3.63) is 0 Å². The summed E-state index contributed by atoms with van der Waals surface area (Å²) in [6, 6.07) is 0. The Bertz CT molecular complexity index is 190. The summed E-state index contributed by atoms with van der Waals surface area (Å²) in [4.78, 5) is 11.0. The predicted molar refractivity (Wildman–Crippen MR) is 43.1 cm³/mol. The fourth-order valence-corrected chi connectivity index (χ4v) is 2.56. The molecule has 2 atom stereocenters. The van der Waals surface area contributed by atoms with E-state index < -0.39 is 0 Å². The monoisotopic (exact) mass is 153 g/mol. The summed E-state index contributed by atoms with van der Waals surface area (Å²) in [7, 11) is 0. The van der Waals surface area contributed by atoms with Crippen LogP contribution in [0.3, 0.4) is 0 Å². The predicted octanol–water partition coefficient (Wildman–Crippen LogP) is 1.31. The van der Waals surface area contributed by atoms with Crippen molar-refractivity contribution in [2.24, 2.45) is 11.3 Å². The third-order valence-corrected chi connectivity index (χ3v) is 3.51. The number of rotatable bonds is 0. The zero-order valence-electron chi connectivity index (χ0n) is 7.02. The van der Waals surface area contributed by atoms with Crippen molar-refractivity contribution in [1.82, 2.24) is 5.32 Å². The summed E-state index contributed by atoms with van der Waals surface area (Å²) in [5, 5.41) is 2.94. The Balaban J connectivity index is 2.16. The zero-order chi connectivity index (χ0) is 7.90. The van der Waals surface area contributed by atoms with Gasteiger partial charge in [0.2, 0.25) is 5.91 Å². The summed E-state index contributed by atoms with van der Waals surface area (Å²) in [5.74, 6) is 1.01. The molecule has 2 nitrogen and oxygen atoms in total. The molecule has 2 unspecified atom stereocenters. The average molecular weight is 153 g/mol. The number of carbonyl (C=O) groups is 1. The highest BCUT2D eigenvalue weighted by atomic mass is 16.1. The van der Waals surface area contributed by atoms with Gasteiger partial charge in [-0.25, -0.2) is 0 Å². The van der Waals surface area contributed by atoms with Crippen LogP contribution in [0.5, 0.6) is 0 Å².